The van der Waals surface area contributed by atoms with E-state index in [4.69, 9.17) is 0 Å². The monoisotopic (exact) mass is 444 g/mol. The van der Waals surface area contributed by atoms with Crippen LogP contribution in [-0.2, 0) is 9.59 Å². The van der Waals surface area contributed by atoms with Crippen molar-refractivity contribution in [2.75, 3.05) is 0 Å². The predicted octanol–water partition coefficient (Wildman–Crippen LogP) is 9.04. The molecule has 184 valence electrons. The molecule has 0 aromatic rings. The third-order valence-electron chi connectivity index (χ3n) is 7.87. The lowest BCUT2D eigenvalue weighted by Crippen LogP contribution is -2.21. The van der Waals surface area contributed by atoms with Crippen molar-refractivity contribution in [3.63, 3.8) is 0 Å². The first-order valence-electron chi connectivity index (χ1n) is 13.5. The van der Waals surface area contributed by atoms with Crippen LogP contribution in [0.1, 0.15) is 132 Å². The number of hydrogen-bond acceptors (Lipinski definition) is 2. The van der Waals surface area contributed by atoms with Crippen molar-refractivity contribution in [3.8, 4) is 0 Å². The molecule has 0 N–H and O–H groups in total. The van der Waals surface area contributed by atoms with E-state index in [1.165, 1.54) is 57.8 Å². The Hall–Kier alpha value is -1.18. The lowest BCUT2D eigenvalue weighted by Gasteiger charge is -2.21. The van der Waals surface area contributed by atoms with Gasteiger partial charge in [0.15, 0.2) is 11.6 Å². The molecule has 1 unspecified atom stereocenters. The molecule has 3 atom stereocenters. The van der Waals surface area contributed by atoms with E-state index in [9.17, 15) is 9.59 Å². The van der Waals surface area contributed by atoms with E-state index in [2.05, 4.69) is 34.6 Å². The van der Waals surface area contributed by atoms with Gasteiger partial charge in [0.05, 0.1) is 0 Å². The van der Waals surface area contributed by atoms with Gasteiger partial charge in [0.1, 0.15) is 0 Å². The lowest BCUT2D eigenvalue weighted by molar-refractivity contribution is -0.116. The van der Waals surface area contributed by atoms with E-state index >= 15 is 0 Å². The van der Waals surface area contributed by atoms with Gasteiger partial charge < -0.3 is 0 Å². The van der Waals surface area contributed by atoms with Crippen LogP contribution in [0.3, 0.4) is 0 Å². The summed E-state index contributed by atoms with van der Waals surface area (Å²) in [5.74, 6) is 3.34. The molecule has 0 heterocycles. The predicted molar refractivity (Wildman–Crippen MR) is 139 cm³/mol. The van der Waals surface area contributed by atoms with Gasteiger partial charge in [-0.2, -0.15) is 0 Å². The van der Waals surface area contributed by atoms with E-state index in [1.807, 2.05) is 6.92 Å². The van der Waals surface area contributed by atoms with Crippen LogP contribution in [0.4, 0.5) is 0 Å². The minimum atomic E-state index is 0.0632. The number of carbonyl (C=O) groups excluding carboxylic acids is 2. The lowest BCUT2D eigenvalue weighted by atomic mass is 9.82. The van der Waals surface area contributed by atoms with Crippen LogP contribution in [0.25, 0.3) is 0 Å². The molecule has 0 bridgehead atoms. The maximum Gasteiger partial charge on any atom is 0.185 e. The van der Waals surface area contributed by atoms with Crippen LogP contribution in [0.15, 0.2) is 22.3 Å². The number of allylic oxidation sites excluding steroid dienone is 4. The smallest absolute Gasteiger partial charge is 0.185 e. The fraction of sp³-hybridized carbons (Fsp3) is 0.800. The molecule has 1 aliphatic carbocycles. The van der Waals surface area contributed by atoms with Crippen molar-refractivity contribution >= 4 is 11.6 Å². The Morgan fingerprint density at radius 1 is 0.594 bits per heavy atom. The minimum absolute atomic E-state index is 0.0632. The van der Waals surface area contributed by atoms with E-state index in [0.29, 0.717) is 22.6 Å². The Kier molecular flexibility index (Phi) is 13.4. The molecule has 0 saturated carbocycles. The molecule has 0 aromatic heterocycles. The Balaban J connectivity index is 2.30. The molecule has 2 nitrogen and oxygen atoms in total. The largest absolute Gasteiger partial charge is 0.289 e. The SMILES string of the molecule is CCC(CCC[C@H](C)CCC[C@H](C)CCCC(C)C)CCC1=C(C)C(=O)C(C)=C(C)C1=O. The number of Topliss-reactive ketones (excluding diaryl/α,β-unsaturated/α-hetero) is 2. The first kappa shape index (κ1) is 28.9. The highest BCUT2D eigenvalue weighted by Gasteiger charge is 2.27. The zero-order chi connectivity index (χ0) is 24.3. The molecule has 0 aromatic carbocycles. The quantitative estimate of drug-likeness (QED) is 0.222. The topological polar surface area (TPSA) is 34.1 Å². The zero-order valence-electron chi connectivity index (χ0n) is 22.6. The number of hydrogen-bond donors (Lipinski definition) is 0. The van der Waals surface area contributed by atoms with Crippen molar-refractivity contribution in [1.29, 1.82) is 0 Å². The van der Waals surface area contributed by atoms with Crippen LogP contribution in [0, 0.1) is 23.7 Å². The molecule has 32 heavy (non-hydrogen) atoms. The number of carbonyl (C=O) groups is 2. The second-order valence-corrected chi connectivity index (χ2v) is 11.2. The van der Waals surface area contributed by atoms with E-state index < -0.39 is 0 Å². The third-order valence-corrected chi connectivity index (χ3v) is 7.87. The van der Waals surface area contributed by atoms with Crippen LogP contribution in [0.2, 0.25) is 0 Å². The second-order valence-electron chi connectivity index (χ2n) is 11.2. The summed E-state index contributed by atoms with van der Waals surface area (Å²) in [6.07, 6.45) is 15.0. The molecule has 0 saturated heterocycles. The summed E-state index contributed by atoms with van der Waals surface area (Å²) in [7, 11) is 0. The van der Waals surface area contributed by atoms with Gasteiger partial charge in [0, 0.05) is 22.3 Å². The highest BCUT2D eigenvalue weighted by atomic mass is 16.1. The summed E-state index contributed by atoms with van der Waals surface area (Å²) in [6, 6.07) is 0. The molecule has 0 spiro atoms. The molecule has 0 aliphatic heterocycles. The molecule has 0 amide bonds. The zero-order valence-corrected chi connectivity index (χ0v) is 22.6. The second kappa shape index (κ2) is 14.9. The molecule has 2 heteroatoms. The Morgan fingerprint density at radius 2 is 1.06 bits per heavy atom. The Labute approximate surface area is 199 Å². The van der Waals surface area contributed by atoms with Crippen LogP contribution in [-0.4, -0.2) is 11.6 Å². The summed E-state index contributed by atoms with van der Waals surface area (Å²) in [6.45, 7) is 17.2. The van der Waals surface area contributed by atoms with E-state index in [-0.39, 0.29) is 11.6 Å². The molecule has 1 rings (SSSR count). The summed E-state index contributed by atoms with van der Waals surface area (Å²) in [4.78, 5) is 25.1. The van der Waals surface area contributed by atoms with Gasteiger partial charge in [-0.25, -0.2) is 0 Å². The van der Waals surface area contributed by atoms with Gasteiger partial charge in [0.25, 0.3) is 0 Å². The van der Waals surface area contributed by atoms with E-state index in [1.54, 1.807) is 13.8 Å². The van der Waals surface area contributed by atoms with Crippen LogP contribution < -0.4 is 0 Å². The maximum atomic E-state index is 12.7. The number of rotatable bonds is 16. The first-order valence-corrected chi connectivity index (χ1v) is 13.5. The summed E-state index contributed by atoms with van der Waals surface area (Å²) in [5.41, 5.74) is 2.72. The molecule has 0 radical (unpaired) electrons. The fourth-order valence-electron chi connectivity index (χ4n) is 5.09. The van der Waals surface area contributed by atoms with Crippen LogP contribution in [0.5, 0.6) is 0 Å². The fourth-order valence-corrected chi connectivity index (χ4v) is 5.09. The average Bonchev–Trinajstić information content (AvgIpc) is 2.74. The number of ketones is 2. The van der Waals surface area contributed by atoms with Gasteiger partial charge in [-0.15, -0.1) is 0 Å². The highest BCUT2D eigenvalue weighted by Crippen LogP contribution is 2.30. The minimum Gasteiger partial charge on any atom is -0.289 e. The van der Waals surface area contributed by atoms with Crippen LogP contribution >= 0.6 is 0 Å². The standard InChI is InChI=1S/C30H52O2/c1-9-27(19-20-28-26(8)29(31)24(6)25(7)30(28)32)18-12-17-23(5)16-11-15-22(4)14-10-13-21(2)3/h21-23,27H,9-20H2,1-8H3/t22-,23-,27?/m1/s1. The molecule has 0 fully saturated rings. The van der Waals surface area contributed by atoms with Gasteiger partial charge in [-0.05, 0) is 57.3 Å². The van der Waals surface area contributed by atoms with Gasteiger partial charge >= 0.3 is 0 Å². The normalized spacial score (nSPS) is 18.0. The van der Waals surface area contributed by atoms with Crippen molar-refractivity contribution in [1.82, 2.24) is 0 Å². The Morgan fingerprint density at radius 3 is 1.56 bits per heavy atom. The van der Waals surface area contributed by atoms with Gasteiger partial charge in [-0.1, -0.05) is 98.8 Å². The average molecular weight is 445 g/mol. The summed E-state index contributed by atoms with van der Waals surface area (Å²) in [5, 5.41) is 0. The highest BCUT2D eigenvalue weighted by molar-refractivity contribution is 6.24. The Bertz CT molecular complexity index is 664. The van der Waals surface area contributed by atoms with Gasteiger partial charge in [0.2, 0.25) is 0 Å². The molecular formula is C30H52O2. The molecular weight excluding hydrogens is 392 g/mol. The van der Waals surface area contributed by atoms with Crippen molar-refractivity contribution in [2.45, 2.75) is 132 Å². The van der Waals surface area contributed by atoms with Gasteiger partial charge in [-0.3, -0.25) is 9.59 Å². The molecule has 1 aliphatic rings. The van der Waals surface area contributed by atoms with Crippen molar-refractivity contribution in [2.24, 2.45) is 23.7 Å². The first-order chi connectivity index (χ1) is 15.1. The summed E-state index contributed by atoms with van der Waals surface area (Å²) >= 11 is 0. The third kappa shape index (κ3) is 9.75. The maximum absolute atomic E-state index is 12.7. The van der Waals surface area contributed by atoms with Crippen molar-refractivity contribution in [3.05, 3.63) is 22.3 Å². The summed E-state index contributed by atoms with van der Waals surface area (Å²) < 4.78 is 0. The van der Waals surface area contributed by atoms with Crippen molar-refractivity contribution < 1.29 is 9.59 Å². The van der Waals surface area contributed by atoms with E-state index in [0.717, 1.165) is 42.6 Å².